The lowest BCUT2D eigenvalue weighted by Gasteiger charge is -2.09. The van der Waals surface area contributed by atoms with Crippen LogP contribution in [0.5, 0.6) is 0 Å². The van der Waals surface area contributed by atoms with Crippen molar-refractivity contribution in [2.24, 2.45) is 0 Å². The highest BCUT2D eigenvalue weighted by Gasteiger charge is 2.12. The number of aryl methyl sites for hydroxylation is 1. The van der Waals surface area contributed by atoms with Gasteiger partial charge in [-0.05, 0) is 58.6 Å². The van der Waals surface area contributed by atoms with E-state index in [0.717, 1.165) is 23.7 Å². The van der Waals surface area contributed by atoms with E-state index in [1.165, 1.54) is 10.1 Å². The lowest BCUT2D eigenvalue weighted by Crippen LogP contribution is -2.18. The molecular formula is C18H15Br2NO2S. The van der Waals surface area contributed by atoms with Crippen molar-refractivity contribution >= 4 is 55.0 Å². The number of benzene rings is 2. The summed E-state index contributed by atoms with van der Waals surface area (Å²) < 4.78 is 8.90. The zero-order chi connectivity index (χ0) is 17.3. The monoisotopic (exact) mass is 467 g/mol. The van der Waals surface area contributed by atoms with Crippen LogP contribution in [0.4, 0.5) is 0 Å². The van der Waals surface area contributed by atoms with Crippen LogP contribution in [0.25, 0.3) is 16.7 Å². The van der Waals surface area contributed by atoms with E-state index < -0.39 is 5.76 Å². The van der Waals surface area contributed by atoms with Crippen molar-refractivity contribution in [3.63, 3.8) is 0 Å². The molecule has 0 saturated heterocycles. The minimum absolute atomic E-state index is 0.435. The molecule has 2 aromatic carbocycles. The number of aromatic nitrogens is 1. The number of nitrogens with zero attached hydrogens (tertiary/aromatic N) is 1. The average Bonchev–Trinajstić information content (AvgIpc) is 2.55. The normalized spacial score (nSPS) is 11.1. The third-order valence-corrected chi connectivity index (χ3v) is 5.28. The third-order valence-electron chi connectivity index (χ3n) is 3.83. The Balaban J connectivity index is 2.16. The summed E-state index contributed by atoms with van der Waals surface area (Å²) in [4.78, 5) is 12.4. The quantitative estimate of drug-likeness (QED) is 0.428. The second-order valence-electron chi connectivity index (χ2n) is 5.54. The van der Waals surface area contributed by atoms with Gasteiger partial charge in [0.15, 0.2) is 5.58 Å². The maximum Gasteiger partial charge on any atom is 0.425 e. The Bertz CT molecular complexity index is 1010. The summed E-state index contributed by atoms with van der Waals surface area (Å²) in [6.07, 6.45) is 3.35. The number of fused-ring (bicyclic) bond motifs is 1. The molecule has 3 aromatic rings. The van der Waals surface area contributed by atoms with Crippen molar-refractivity contribution in [2.45, 2.75) is 26.2 Å². The van der Waals surface area contributed by atoms with Crippen LogP contribution >= 0.6 is 44.1 Å². The summed E-state index contributed by atoms with van der Waals surface area (Å²) >= 11 is 12.4. The van der Waals surface area contributed by atoms with E-state index in [9.17, 15) is 4.79 Å². The second-order valence-corrected chi connectivity index (χ2v) is 7.70. The Labute approximate surface area is 161 Å². The van der Waals surface area contributed by atoms with Crippen LogP contribution < -0.4 is 5.76 Å². The molecule has 0 saturated carbocycles. The molecule has 1 aromatic heterocycles. The fourth-order valence-electron chi connectivity index (χ4n) is 2.57. The minimum atomic E-state index is -0.489. The van der Waals surface area contributed by atoms with Gasteiger partial charge in [-0.3, -0.25) is 0 Å². The first kappa shape index (κ1) is 17.6. The van der Waals surface area contributed by atoms with Gasteiger partial charge in [0, 0.05) is 4.47 Å². The number of unbranched alkanes of at least 4 members (excludes halogenated alkanes) is 1. The van der Waals surface area contributed by atoms with Crippen LogP contribution in [0, 0.1) is 4.64 Å². The Kier molecular flexibility index (Phi) is 5.37. The van der Waals surface area contributed by atoms with Gasteiger partial charge in [-0.2, -0.15) is 0 Å². The van der Waals surface area contributed by atoms with Crippen molar-refractivity contribution in [1.29, 1.82) is 0 Å². The van der Waals surface area contributed by atoms with Gasteiger partial charge >= 0.3 is 5.76 Å². The van der Waals surface area contributed by atoms with Crippen molar-refractivity contribution in [1.82, 2.24) is 4.57 Å². The molecule has 0 bridgehead atoms. The molecule has 0 spiro atoms. The Morgan fingerprint density at radius 3 is 2.54 bits per heavy atom. The van der Waals surface area contributed by atoms with Gasteiger partial charge in [0.1, 0.15) is 4.64 Å². The molecule has 0 amide bonds. The minimum Gasteiger partial charge on any atom is -0.408 e. The highest BCUT2D eigenvalue weighted by Crippen LogP contribution is 2.28. The molecular weight excluding hydrogens is 454 g/mol. The molecule has 0 N–H and O–H groups in total. The Morgan fingerprint density at radius 2 is 1.88 bits per heavy atom. The fraction of sp³-hybridized carbons (Fsp3) is 0.222. The van der Waals surface area contributed by atoms with Crippen LogP contribution in [-0.4, -0.2) is 4.57 Å². The summed E-state index contributed by atoms with van der Waals surface area (Å²) in [6.45, 7) is 2.17. The number of hydrogen-bond donors (Lipinski definition) is 0. The largest absolute Gasteiger partial charge is 0.425 e. The molecule has 0 radical (unpaired) electrons. The average molecular weight is 469 g/mol. The van der Waals surface area contributed by atoms with E-state index in [4.69, 9.17) is 16.6 Å². The maximum absolute atomic E-state index is 12.4. The summed E-state index contributed by atoms with van der Waals surface area (Å²) in [5.74, 6) is -0.489. The summed E-state index contributed by atoms with van der Waals surface area (Å²) in [7, 11) is 0. The summed E-state index contributed by atoms with van der Waals surface area (Å²) in [6, 6.07) is 11.6. The van der Waals surface area contributed by atoms with Gasteiger partial charge in [-0.15, -0.1) is 0 Å². The molecule has 0 aliphatic rings. The lowest BCUT2D eigenvalue weighted by molar-refractivity contribution is 0.505. The second kappa shape index (κ2) is 7.33. The fourth-order valence-corrected chi connectivity index (χ4v) is 4.21. The van der Waals surface area contributed by atoms with Crippen LogP contribution in [0.15, 0.2) is 54.6 Å². The predicted molar refractivity (Wildman–Crippen MR) is 107 cm³/mol. The standard InChI is InChI=1S/C18H15Br2NO2S/c1-2-3-4-11-5-7-13(8-6-11)21-17(24)14-9-12(19)10-15(20)16(14)23-18(21)22/h5-10H,2-4H2,1H3. The SMILES string of the molecule is CCCCc1ccc(-n2c(=O)oc3c(Br)cc(Br)cc3c2=S)cc1. The van der Waals surface area contributed by atoms with E-state index in [-0.39, 0.29) is 0 Å². The first-order chi connectivity index (χ1) is 11.5. The maximum atomic E-state index is 12.4. The van der Waals surface area contributed by atoms with E-state index in [1.54, 1.807) is 0 Å². The van der Waals surface area contributed by atoms with Crippen molar-refractivity contribution in [3.05, 3.63) is 66.1 Å². The number of hydrogen-bond acceptors (Lipinski definition) is 3. The van der Waals surface area contributed by atoms with Gasteiger partial charge in [-0.1, -0.05) is 53.6 Å². The van der Waals surface area contributed by atoms with Gasteiger partial charge in [0.25, 0.3) is 0 Å². The Hall–Kier alpha value is -1.24. The molecule has 0 unspecified atom stereocenters. The third kappa shape index (κ3) is 3.41. The van der Waals surface area contributed by atoms with Crippen LogP contribution in [-0.2, 0) is 6.42 Å². The van der Waals surface area contributed by atoms with Crippen LogP contribution in [0.2, 0.25) is 0 Å². The molecule has 24 heavy (non-hydrogen) atoms. The number of rotatable bonds is 4. The molecule has 1 heterocycles. The molecule has 3 nitrogen and oxygen atoms in total. The van der Waals surface area contributed by atoms with Crippen molar-refractivity contribution in [3.8, 4) is 5.69 Å². The van der Waals surface area contributed by atoms with Gasteiger partial charge in [0.2, 0.25) is 0 Å². The molecule has 0 aliphatic carbocycles. The van der Waals surface area contributed by atoms with Gasteiger partial charge < -0.3 is 4.42 Å². The first-order valence-corrected chi connectivity index (χ1v) is 9.65. The molecule has 6 heteroatoms. The van der Waals surface area contributed by atoms with Gasteiger partial charge in [-0.25, -0.2) is 9.36 Å². The smallest absolute Gasteiger partial charge is 0.408 e. The molecule has 0 fully saturated rings. The lowest BCUT2D eigenvalue weighted by atomic mass is 10.1. The van der Waals surface area contributed by atoms with Gasteiger partial charge in [0.05, 0.1) is 15.5 Å². The van der Waals surface area contributed by atoms with Crippen LogP contribution in [0.3, 0.4) is 0 Å². The molecule has 0 atom stereocenters. The zero-order valence-electron chi connectivity index (χ0n) is 13.0. The summed E-state index contributed by atoms with van der Waals surface area (Å²) in [5.41, 5.74) is 2.43. The van der Waals surface area contributed by atoms with Crippen molar-refractivity contribution < 1.29 is 4.42 Å². The van der Waals surface area contributed by atoms with E-state index >= 15 is 0 Å². The number of halogens is 2. The van der Waals surface area contributed by atoms with E-state index in [1.807, 2.05) is 36.4 Å². The summed E-state index contributed by atoms with van der Waals surface area (Å²) in [5, 5.41) is 0.709. The Morgan fingerprint density at radius 1 is 1.17 bits per heavy atom. The van der Waals surface area contributed by atoms with E-state index in [0.29, 0.717) is 25.8 Å². The highest BCUT2D eigenvalue weighted by molar-refractivity contribution is 9.11. The zero-order valence-corrected chi connectivity index (χ0v) is 17.0. The molecule has 124 valence electrons. The molecule has 3 rings (SSSR count). The molecule has 0 aliphatic heterocycles. The highest BCUT2D eigenvalue weighted by atomic mass is 79.9. The van der Waals surface area contributed by atoms with Crippen molar-refractivity contribution in [2.75, 3.05) is 0 Å². The topological polar surface area (TPSA) is 35.1 Å². The predicted octanol–water partition coefficient (Wildman–Crippen LogP) is 6.18. The first-order valence-electron chi connectivity index (χ1n) is 7.65. The van der Waals surface area contributed by atoms with Crippen LogP contribution in [0.1, 0.15) is 25.3 Å². The van der Waals surface area contributed by atoms with E-state index in [2.05, 4.69) is 38.8 Å².